The van der Waals surface area contributed by atoms with E-state index in [0.29, 0.717) is 0 Å². The fourth-order valence-corrected chi connectivity index (χ4v) is 4.63. The van der Waals surface area contributed by atoms with Crippen LogP contribution in [-0.2, 0) is 6.42 Å². The number of nitrogens with one attached hydrogen (secondary N) is 1. The third-order valence-corrected chi connectivity index (χ3v) is 6.67. The zero-order chi connectivity index (χ0) is 21.5. The molecule has 0 spiro atoms. The average molecular weight is 432 g/mol. The SMILES string of the molecule is CCCCCCCCCCC(CCCCCCCC)Cc1cc[nH]c1.c1ccsc1. The molecule has 0 bridgehead atoms. The number of aromatic nitrogens is 1. The summed E-state index contributed by atoms with van der Waals surface area (Å²) in [5.41, 5.74) is 1.51. The first-order valence-electron chi connectivity index (χ1n) is 13.0. The van der Waals surface area contributed by atoms with Gasteiger partial charge in [0.25, 0.3) is 0 Å². The maximum atomic E-state index is 3.23. The minimum Gasteiger partial charge on any atom is -0.367 e. The molecule has 0 saturated carbocycles. The summed E-state index contributed by atoms with van der Waals surface area (Å²) in [6, 6.07) is 6.30. The monoisotopic (exact) mass is 431 g/mol. The number of H-pyrrole nitrogens is 1. The van der Waals surface area contributed by atoms with Crippen LogP contribution in [0.5, 0.6) is 0 Å². The summed E-state index contributed by atoms with van der Waals surface area (Å²) in [5.74, 6) is 0.905. The minimum atomic E-state index is 0.905. The first kappa shape index (κ1) is 27.0. The Bertz CT molecular complexity index is 500. The van der Waals surface area contributed by atoms with Gasteiger partial charge in [0.1, 0.15) is 0 Å². The molecule has 0 aliphatic carbocycles. The van der Waals surface area contributed by atoms with Gasteiger partial charge in [-0.1, -0.05) is 129 Å². The zero-order valence-electron chi connectivity index (χ0n) is 20.0. The highest BCUT2D eigenvalue weighted by atomic mass is 32.1. The summed E-state index contributed by atoms with van der Waals surface area (Å²) in [4.78, 5) is 3.23. The molecule has 2 heterocycles. The predicted molar refractivity (Wildman–Crippen MR) is 138 cm³/mol. The van der Waals surface area contributed by atoms with Crippen molar-refractivity contribution in [2.75, 3.05) is 0 Å². The van der Waals surface area contributed by atoms with Crippen LogP contribution in [-0.4, -0.2) is 4.98 Å². The van der Waals surface area contributed by atoms with E-state index in [9.17, 15) is 0 Å². The third-order valence-electron chi connectivity index (χ3n) is 6.04. The van der Waals surface area contributed by atoms with Crippen molar-refractivity contribution in [3.63, 3.8) is 0 Å². The van der Waals surface area contributed by atoms with Gasteiger partial charge in [0.15, 0.2) is 0 Å². The lowest BCUT2D eigenvalue weighted by atomic mass is 9.89. The Balaban J connectivity index is 0.000000780. The molecule has 2 heteroatoms. The fraction of sp³-hybridized carbons (Fsp3) is 0.714. The number of thiophene rings is 1. The summed E-state index contributed by atoms with van der Waals surface area (Å²) in [6.07, 6.45) is 28.5. The van der Waals surface area contributed by atoms with E-state index in [2.05, 4.69) is 37.3 Å². The van der Waals surface area contributed by atoms with Gasteiger partial charge >= 0.3 is 0 Å². The van der Waals surface area contributed by atoms with Crippen LogP contribution in [0.3, 0.4) is 0 Å². The number of hydrogen-bond acceptors (Lipinski definition) is 1. The molecule has 1 unspecified atom stereocenters. The Kier molecular flexibility index (Phi) is 19.1. The average Bonchev–Trinajstić information content (AvgIpc) is 3.49. The molecule has 1 atom stereocenters. The highest BCUT2D eigenvalue weighted by molar-refractivity contribution is 7.07. The number of aromatic amines is 1. The summed E-state index contributed by atoms with van der Waals surface area (Å²) in [6.45, 7) is 4.60. The molecule has 30 heavy (non-hydrogen) atoms. The highest BCUT2D eigenvalue weighted by Crippen LogP contribution is 2.23. The fourth-order valence-electron chi connectivity index (χ4n) is 4.17. The van der Waals surface area contributed by atoms with E-state index in [1.807, 2.05) is 22.9 Å². The number of unbranched alkanes of at least 4 members (excludes halogenated alkanes) is 12. The van der Waals surface area contributed by atoms with Crippen molar-refractivity contribution < 1.29 is 0 Å². The topological polar surface area (TPSA) is 15.8 Å². The zero-order valence-corrected chi connectivity index (χ0v) is 20.9. The van der Waals surface area contributed by atoms with Gasteiger partial charge in [-0.05, 0) is 34.7 Å². The Labute approximate surface area is 192 Å². The maximum absolute atomic E-state index is 3.23. The standard InChI is InChI=1S/C24H45N.C4H4S/c1-3-5-7-9-11-12-14-16-18-23(21-24-19-20-25-22-24)17-15-13-10-8-6-4-2;1-2-4-5-3-1/h19-20,22-23,25H,3-18,21H2,1-2H3;1-4H. The van der Waals surface area contributed by atoms with Crippen molar-refractivity contribution in [3.05, 3.63) is 46.9 Å². The summed E-state index contributed by atoms with van der Waals surface area (Å²) in [7, 11) is 0. The second kappa shape index (κ2) is 21.2. The summed E-state index contributed by atoms with van der Waals surface area (Å²) >= 11 is 1.71. The molecule has 0 amide bonds. The summed E-state index contributed by atoms with van der Waals surface area (Å²) in [5, 5.41) is 4.08. The molecule has 0 aromatic carbocycles. The van der Waals surface area contributed by atoms with Gasteiger partial charge in [0.2, 0.25) is 0 Å². The van der Waals surface area contributed by atoms with Gasteiger partial charge in [0.05, 0.1) is 0 Å². The van der Waals surface area contributed by atoms with Crippen LogP contribution >= 0.6 is 11.3 Å². The molecular formula is C28H49NS. The van der Waals surface area contributed by atoms with Crippen molar-refractivity contribution in [3.8, 4) is 0 Å². The van der Waals surface area contributed by atoms with Crippen molar-refractivity contribution in [2.24, 2.45) is 5.92 Å². The second-order valence-electron chi connectivity index (χ2n) is 8.90. The smallest absolute Gasteiger partial charge is 0.00374 e. The lowest BCUT2D eigenvalue weighted by Crippen LogP contribution is -2.05. The molecule has 172 valence electrons. The van der Waals surface area contributed by atoms with Crippen LogP contribution in [0.15, 0.2) is 41.4 Å². The van der Waals surface area contributed by atoms with E-state index >= 15 is 0 Å². The predicted octanol–water partition coefficient (Wildman–Crippen LogP) is 10.2. The van der Waals surface area contributed by atoms with Gasteiger partial charge in [-0.15, -0.1) is 0 Å². The van der Waals surface area contributed by atoms with Crippen LogP contribution in [0.2, 0.25) is 0 Å². The van der Waals surface area contributed by atoms with Crippen LogP contribution in [0.25, 0.3) is 0 Å². The molecule has 2 aromatic rings. The summed E-state index contributed by atoms with van der Waals surface area (Å²) < 4.78 is 0. The van der Waals surface area contributed by atoms with Crippen molar-refractivity contribution in [1.29, 1.82) is 0 Å². The molecule has 0 aliphatic heterocycles. The van der Waals surface area contributed by atoms with E-state index < -0.39 is 0 Å². The van der Waals surface area contributed by atoms with Crippen molar-refractivity contribution >= 4 is 11.3 Å². The van der Waals surface area contributed by atoms with E-state index in [-0.39, 0.29) is 0 Å². The molecule has 1 N–H and O–H groups in total. The van der Waals surface area contributed by atoms with Gasteiger partial charge in [-0.3, -0.25) is 0 Å². The Hall–Kier alpha value is -1.02. The third kappa shape index (κ3) is 16.7. The first-order chi connectivity index (χ1) is 14.9. The first-order valence-corrected chi connectivity index (χ1v) is 13.9. The molecule has 2 aromatic heterocycles. The van der Waals surface area contributed by atoms with Crippen molar-refractivity contribution in [2.45, 2.75) is 123 Å². The van der Waals surface area contributed by atoms with Gasteiger partial charge in [-0.2, -0.15) is 11.3 Å². The highest BCUT2D eigenvalue weighted by Gasteiger charge is 2.10. The largest absolute Gasteiger partial charge is 0.367 e. The second-order valence-corrected chi connectivity index (χ2v) is 9.72. The molecule has 1 nitrogen and oxygen atoms in total. The van der Waals surface area contributed by atoms with Crippen LogP contribution in [0.1, 0.15) is 122 Å². The Morgan fingerprint density at radius 1 is 0.700 bits per heavy atom. The Morgan fingerprint density at radius 3 is 1.60 bits per heavy atom. The lowest BCUT2D eigenvalue weighted by Gasteiger charge is -2.16. The normalized spacial score (nSPS) is 11.8. The van der Waals surface area contributed by atoms with Crippen LogP contribution in [0.4, 0.5) is 0 Å². The molecule has 0 fully saturated rings. The van der Waals surface area contributed by atoms with Crippen LogP contribution in [0, 0.1) is 5.92 Å². The maximum Gasteiger partial charge on any atom is 0.00374 e. The minimum absolute atomic E-state index is 0.905. The molecule has 2 rings (SSSR count). The quantitative estimate of drug-likeness (QED) is 0.226. The Morgan fingerprint density at radius 2 is 1.20 bits per heavy atom. The van der Waals surface area contributed by atoms with Gasteiger partial charge < -0.3 is 4.98 Å². The number of rotatable bonds is 18. The lowest BCUT2D eigenvalue weighted by molar-refractivity contribution is 0.400. The van der Waals surface area contributed by atoms with E-state index in [1.165, 1.54) is 115 Å². The van der Waals surface area contributed by atoms with Gasteiger partial charge in [0, 0.05) is 12.4 Å². The van der Waals surface area contributed by atoms with E-state index in [0.717, 1.165) is 5.92 Å². The van der Waals surface area contributed by atoms with Gasteiger partial charge in [-0.25, -0.2) is 0 Å². The van der Waals surface area contributed by atoms with E-state index in [4.69, 9.17) is 0 Å². The van der Waals surface area contributed by atoms with Crippen molar-refractivity contribution in [1.82, 2.24) is 4.98 Å². The number of hydrogen-bond donors (Lipinski definition) is 1. The molecule has 0 saturated heterocycles. The molecule has 0 radical (unpaired) electrons. The van der Waals surface area contributed by atoms with Crippen LogP contribution < -0.4 is 0 Å². The molecule has 0 aliphatic rings. The van der Waals surface area contributed by atoms with E-state index in [1.54, 1.807) is 11.3 Å². The molecular weight excluding hydrogens is 382 g/mol.